The number of methoxy groups -OCH3 is 1. The van der Waals surface area contributed by atoms with Crippen molar-refractivity contribution in [1.29, 1.82) is 0 Å². The summed E-state index contributed by atoms with van der Waals surface area (Å²) in [6.07, 6.45) is 2.45. The van der Waals surface area contributed by atoms with Gasteiger partial charge in [0.2, 0.25) is 0 Å². The van der Waals surface area contributed by atoms with Gasteiger partial charge in [0.25, 0.3) is 0 Å². The van der Waals surface area contributed by atoms with Gasteiger partial charge in [0.05, 0.1) is 5.60 Å². The van der Waals surface area contributed by atoms with Crippen LogP contribution in [-0.2, 0) is 21.1 Å². The van der Waals surface area contributed by atoms with E-state index in [1.807, 2.05) is 0 Å². The quantitative estimate of drug-likeness (QED) is 0.865. The minimum atomic E-state index is -1.22. The molecule has 3 rings (SSSR count). The lowest BCUT2D eigenvalue weighted by Gasteiger charge is -2.36. The van der Waals surface area contributed by atoms with Gasteiger partial charge in [0.15, 0.2) is 6.79 Å². The molecule has 0 saturated carbocycles. The van der Waals surface area contributed by atoms with E-state index in [0.717, 1.165) is 12.8 Å². The first-order chi connectivity index (χ1) is 10.0. The second-order valence-corrected chi connectivity index (χ2v) is 7.77. The Morgan fingerprint density at radius 1 is 1.38 bits per heavy atom. The molecule has 0 spiro atoms. The fraction of sp³-hybridized carbons (Fsp3) is 0.600. The molecule has 1 aromatic carbocycles. The standard InChI is InChI=1S/C15H19FO4S/c1-19-9-20-10-2-5-13(14(16)6-10)15(17)7-11-3-4-12(8-15)21(11)18/h2,5-6,11-12,17H,3-4,7-9H2,1H3. The van der Waals surface area contributed by atoms with Crippen molar-refractivity contribution < 1.29 is 23.2 Å². The van der Waals surface area contributed by atoms with E-state index in [0.29, 0.717) is 18.6 Å². The first-order valence-electron chi connectivity index (χ1n) is 7.07. The number of halogens is 1. The minimum Gasteiger partial charge on any atom is -0.467 e. The van der Waals surface area contributed by atoms with Gasteiger partial charge >= 0.3 is 0 Å². The lowest BCUT2D eigenvalue weighted by molar-refractivity contribution is 0.0147. The average molecular weight is 314 g/mol. The molecule has 2 heterocycles. The van der Waals surface area contributed by atoms with Crippen molar-refractivity contribution in [2.75, 3.05) is 13.9 Å². The summed E-state index contributed by atoms with van der Waals surface area (Å²) in [5.41, 5.74) is -0.940. The summed E-state index contributed by atoms with van der Waals surface area (Å²) in [5.74, 6) is -0.123. The molecule has 2 atom stereocenters. The van der Waals surface area contributed by atoms with Gasteiger partial charge in [-0.25, -0.2) is 4.39 Å². The molecule has 2 aliphatic heterocycles. The fourth-order valence-electron chi connectivity index (χ4n) is 3.39. The van der Waals surface area contributed by atoms with Gasteiger partial charge < -0.3 is 14.6 Å². The fourth-order valence-corrected chi connectivity index (χ4v) is 5.55. The SMILES string of the molecule is COCOc1ccc(C2(O)CC3CCC(C2)S3=O)c(F)c1. The van der Waals surface area contributed by atoms with Crippen molar-refractivity contribution in [3.63, 3.8) is 0 Å². The Kier molecular flexibility index (Phi) is 4.03. The molecule has 0 radical (unpaired) electrons. The predicted molar refractivity (Wildman–Crippen MR) is 77.0 cm³/mol. The van der Waals surface area contributed by atoms with E-state index >= 15 is 0 Å². The Bertz CT molecular complexity index is 547. The van der Waals surface area contributed by atoms with Gasteiger partial charge in [0, 0.05) is 40.0 Å². The van der Waals surface area contributed by atoms with Gasteiger partial charge in [-0.1, -0.05) is 0 Å². The molecule has 116 valence electrons. The monoisotopic (exact) mass is 314 g/mol. The van der Waals surface area contributed by atoms with Crippen molar-refractivity contribution in [2.45, 2.75) is 41.8 Å². The molecule has 2 aliphatic rings. The molecule has 4 nitrogen and oxygen atoms in total. The maximum atomic E-state index is 14.3. The number of hydrogen-bond donors (Lipinski definition) is 1. The predicted octanol–water partition coefficient (Wildman–Crippen LogP) is 2.07. The van der Waals surface area contributed by atoms with Gasteiger partial charge in [-0.2, -0.15) is 0 Å². The van der Waals surface area contributed by atoms with Crippen LogP contribution in [0.25, 0.3) is 0 Å². The number of hydrogen-bond acceptors (Lipinski definition) is 4. The Balaban J connectivity index is 1.85. The molecule has 0 amide bonds. The Morgan fingerprint density at radius 3 is 2.62 bits per heavy atom. The molecule has 21 heavy (non-hydrogen) atoms. The Labute approximate surface area is 125 Å². The number of benzene rings is 1. The van der Waals surface area contributed by atoms with Crippen LogP contribution in [0.1, 0.15) is 31.2 Å². The van der Waals surface area contributed by atoms with E-state index in [2.05, 4.69) is 0 Å². The zero-order chi connectivity index (χ0) is 15.0. The van der Waals surface area contributed by atoms with Crippen LogP contribution in [0.4, 0.5) is 4.39 Å². The Hall–Kier alpha value is -0.980. The first-order valence-corrected chi connectivity index (χ1v) is 8.34. The molecule has 2 bridgehead atoms. The highest BCUT2D eigenvalue weighted by Gasteiger charge is 2.49. The maximum absolute atomic E-state index is 14.3. The third-order valence-electron chi connectivity index (χ3n) is 4.38. The molecule has 0 aromatic heterocycles. The summed E-state index contributed by atoms with van der Waals surface area (Å²) in [5, 5.41) is 10.8. The Morgan fingerprint density at radius 2 is 2.05 bits per heavy atom. The topological polar surface area (TPSA) is 55.8 Å². The summed E-state index contributed by atoms with van der Waals surface area (Å²) in [4.78, 5) is 0. The normalized spacial score (nSPS) is 34.9. The molecular weight excluding hydrogens is 295 g/mol. The maximum Gasteiger partial charge on any atom is 0.188 e. The van der Waals surface area contributed by atoms with Gasteiger partial charge in [-0.15, -0.1) is 0 Å². The zero-order valence-electron chi connectivity index (χ0n) is 11.9. The van der Waals surface area contributed by atoms with E-state index in [1.165, 1.54) is 13.2 Å². The van der Waals surface area contributed by atoms with Crippen LogP contribution < -0.4 is 4.74 Å². The number of aliphatic hydroxyl groups is 1. The lowest BCUT2D eigenvalue weighted by atomic mass is 9.85. The van der Waals surface area contributed by atoms with Gasteiger partial charge in [-0.05, 0) is 37.8 Å². The molecule has 1 N–H and O–H groups in total. The number of rotatable bonds is 4. The van der Waals surface area contributed by atoms with Crippen molar-refractivity contribution in [2.24, 2.45) is 0 Å². The number of fused-ring (bicyclic) bond motifs is 2. The first kappa shape index (κ1) is 14.9. The van der Waals surface area contributed by atoms with E-state index in [9.17, 15) is 13.7 Å². The van der Waals surface area contributed by atoms with Crippen LogP contribution in [0.3, 0.4) is 0 Å². The van der Waals surface area contributed by atoms with Crippen LogP contribution in [0.2, 0.25) is 0 Å². The van der Waals surface area contributed by atoms with Gasteiger partial charge in [0.1, 0.15) is 11.6 Å². The molecule has 2 fully saturated rings. The molecule has 2 saturated heterocycles. The van der Waals surface area contributed by atoms with Crippen molar-refractivity contribution in [1.82, 2.24) is 0 Å². The highest BCUT2D eigenvalue weighted by atomic mass is 32.2. The highest BCUT2D eigenvalue weighted by molar-refractivity contribution is 7.86. The summed E-state index contributed by atoms with van der Waals surface area (Å²) < 4.78 is 36.3. The van der Waals surface area contributed by atoms with Crippen LogP contribution in [0.5, 0.6) is 5.75 Å². The van der Waals surface area contributed by atoms with E-state index in [1.54, 1.807) is 12.1 Å². The molecule has 6 heteroatoms. The van der Waals surface area contributed by atoms with Crippen LogP contribution in [0, 0.1) is 5.82 Å². The smallest absolute Gasteiger partial charge is 0.188 e. The molecular formula is C15H19FO4S. The van der Waals surface area contributed by atoms with Crippen LogP contribution in [-0.4, -0.2) is 33.7 Å². The van der Waals surface area contributed by atoms with Crippen molar-refractivity contribution in [3.05, 3.63) is 29.6 Å². The van der Waals surface area contributed by atoms with E-state index < -0.39 is 22.2 Å². The summed E-state index contributed by atoms with van der Waals surface area (Å²) in [6.45, 7) is 0.0478. The third kappa shape index (κ3) is 2.72. The second-order valence-electron chi connectivity index (χ2n) is 5.78. The zero-order valence-corrected chi connectivity index (χ0v) is 12.7. The minimum absolute atomic E-state index is 0.0161. The third-order valence-corrected chi connectivity index (χ3v) is 6.50. The van der Waals surface area contributed by atoms with E-state index in [-0.39, 0.29) is 22.9 Å². The summed E-state index contributed by atoms with van der Waals surface area (Å²) in [6, 6.07) is 4.46. The van der Waals surface area contributed by atoms with E-state index in [4.69, 9.17) is 9.47 Å². The largest absolute Gasteiger partial charge is 0.467 e. The molecule has 2 unspecified atom stereocenters. The molecule has 1 aromatic rings. The number of ether oxygens (including phenoxy) is 2. The van der Waals surface area contributed by atoms with Crippen LogP contribution >= 0.6 is 0 Å². The van der Waals surface area contributed by atoms with Crippen molar-refractivity contribution in [3.8, 4) is 5.75 Å². The van der Waals surface area contributed by atoms with Crippen LogP contribution in [0.15, 0.2) is 18.2 Å². The van der Waals surface area contributed by atoms with Gasteiger partial charge in [-0.3, -0.25) is 4.21 Å². The summed E-state index contributed by atoms with van der Waals surface area (Å²) >= 11 is 0. The van der Waals surface area contributed by atoms with Crippen molar-refractivity contribution >= 4 is 10.8 Å². The second kappa shape index (κ2) is 5.66. The lowest BCUT2D eigenvalue weighted by Crippen LogP contribution is -2.40. The summed E-state index contributed by atoms with van der Waals surface area (Å²) in [7, 11) is 0.613. The molecule has 0 aliphatic carbocycles. The highest BCUT2D eigenvalue weighted by Crippen LogP contribution is 2.46. The average Bonchev–Trinajstić information content (AvgIpc) is 2.68.